The maximum Gasteiger partial charge on any atom is 0.155 e. The molecule has 4 heteroatoms. The van der Waals surface area contributed by atoms with E-state index in [1.807, 2.05) is 30.3 Å². The van der Waals surface area contributed by atoms with E-state index in [4.69, 9.17) is 18.8 Å². The Morgan fingerprint density at radius 3 is 1.86 bits per heavy atom. The van der Waals surface area contributed by atoms with E-state index in [9.17, 15) is 0 Å². The standard InChI is InChI=1S/C45H30N2O2/c1-27-43(29-14-6-3-7-15-29)46-45(31-21-22-34-33-17-10-11-19-38(33)48-39(34)25-31)47-44(27)37-26-41-42(35-18-9-8-16-32(35)37)36-23-20-30(24-40(36)49-41)28-12-4-2-5-13-28/h2-27,44H,1H3. The summed E-state index contributed by atoms with van der Waals surface area (Å²) >= 11 is 0. The molecule has 0 amide bonds. The predicted octanol–water partition coefficient (Wildman–Crippen LogP) is 11.9. The van der Waals surface area contributed by atoms with Crippen LogP contribution in [-0.2, 0) is 0 Å². The van der Waals surface area contributed by atoms with E-state index in [2.05, 4.69) is 128 Å². The Kier molecular flexibility index (Phi) is 6.18. The van der Waals surface area contributed by atoms with Crippen molar-refractivity contribution in [3.63, 3.8) is 0 Å². The summed E-state index contributed by atoms with van der Waals surface area (Å²) in [6, 6.07) is 52.7. The molecule has 2 aromatic heterocycles. The van der Waals surface area contributed by atoms with Crippen molar-refractivity contribution in [2.24, 2.45) is 15.9 Å². The average molecular weight is 631 g/mol. The fourth-order valence-electron chi connectivity index (χ4n) is 7.64. The van der Waals surface area contributed by atoms with Crippen molar-refractivity contribution in [1.29, 1.82) is 0 Å². The highest BCUT2D eigenvalue weighted by Gasteiger charge is 2.32. The zero-order chi connectivity index (χ0) is 32.5. The van der Waals surface area contributed by atoms with Crippen LogP contribution in [0.25, 0.3) is 65.8 Å². The van der Waals surface area contributed by atoms with Crippen LogP contribution in [0.1, 0.15) is 29.7 Å². The van der Waals surface area contributed by atoms with Gasteiger partial charge in [-0.2, -0.15) is 0 Å². The first-order valence-corrected chi connectivity index (χ1v) is 16.8. The van der Waals surface area contributed by atoms with Crippen LogP contribution in [0.2, 0.25) is 0 Å². The maximum atomic E-state index is 6.70. The Morgan fingerprint density at radius 2 is 1.04 bits per heavy atom. The summed E-state index contributed by atoms with van der Waals surface area (Å²) in [5, 5.41) is 6.78. The molecule has 1 aliphatic rings. The van der Waals surface area contributed by atoms with E-state index in [0.29, 0.717) is 5.84 Å². The SMILES string of the molecule is CC1C(c2ccccc2)=NC(c2ccc3c(c2)oc2ccccc23)=NC1c1cc2oc3cc(-c4ccccc4)ccc3c2c2ccccc12. The first kappa shape index (κ1) is 27.8. The van der Waals surface area contributed by atoms with Crippen molar-refractivity contribution in [2.45, 2.75) is 13.0 Å². The minimum absolute atomic E-state index is 0.0102. The highest BCUT2D eigenvalue weighted by molar-refractivity contribution is 6.21. The zero-order valence-electron chi connectivity index (χ0n) is 26.8. The lowest BCUT2D eigenvalue weighted by Gasteiger charge is -2.28. The molecule has 232 valence electrons. The molecule has 10 rings (SSSR count). The molecule has 7 aromatic carbocycles. The third kappa shape index (κ3) is 4.45. The van der Waals surface area contributed by atoms with Gasteiger partial charge in [-0.1, -0.05) is 122 Å². The van der Waals surface area contributed by atoms with Crippen molar-refractivity contribution in [2.75, 3.05) is 0 Å². The topological polar surface area (TPSA) is 51.0 Å². The molecule has 0 spiro atoms. The Bertz CT molecular complexity index is 2790. The Balaban J connectivity index is 1.18. The highest BCUT2D eigenvalue weighted by Crippen LogP contribution is 2.43. The highest BCUT2D eigenvalue weighted by atomic mass is 16.3. The summed E-state index contributed by atoms with van der Waals surface area (Å²) < 4.78 is 13.0. The number of fused-ring (bicyclic) bond motifs is 8. The van der Waals surface area contributed by atoms with Gasteiger partial charge in [0.15, 0.2) is 5.84 Å². The van der Waals surface area contributed by atoms with E-state index < -0.39 is 0 Å². The van der Waals surface area contributed by atoms with Gasteiger partial charge in [0.1, 0.15) is 22.3 Å². The molecule has 0 saturated heterocycles. The van der Waals surface area contributed by atoms with Gasteiger partial charge >= 0.3 is 0 Å². The van der Waals surface area contributed by atoms with Crippen LogP contribution >= 0.6 is 0 Å². The average Bonchev–Trinajstić information content (AvgIpc) is 3.73. The molecule has 0 N–H and O–H groups in total. The van der Waals surface area contributed by atoms with Gasteiger partial charge in [-0.15, -0.1) is 0 Å². The predicted molar refractivity (Wildman–Crippen MR) is 202 cm³/mol. The maximum absolute atomic E-state index is 6.70. The molecule has 0 aliphatic carbocycles. The number of furan rings is 2. The van der Waals surface area contributed by atoms with Crippen LogP contribution in [0.5, 0.6) is 0 Å². The van der Waals surface area contributed by atoms with E-state index in [-0.39, 0.29) is 12.0 Å². The van der Waals surface area contributed by atoms with Crippen LogP contribution in [0.15, 0.2) is 170 Å². The largest absolute Gasteiger partial charge is 0.456 e. The first-order chi connectivity index (χ1) is 24.2. The summed E-state index contributed by atoms with van der Waals surface area (Å²) in [6.45, 7) is 2.24. The lowest BCUT2D eigenvalue weighted by atomic mass is 9.83. The Hall–Kier alpha value is -6.26. The summed E-state index contributed by atoms with van der Waals surface area (Å²) in [6.07, 6.45) is 0. The summed E-state index contributed by atoms with van der Waals surface area (Å²) in [4.78, 5) is 10.7. The fraction of sp³-hybridized carbons (Fsp3) is 0.0667. The zero-order valence-corrected chi connectivity index (χ0v) is 26.8. The molecule has 1 aliphatic heterocycles. The van der Waals surface area contributed by atoms with E-state index in [1.54, 1.807) is 0 Å². The Labute approximate surface area is 282 Å². The van der Waals surface area contributed by atoms with Gasteiger partial charge in [0, 0.05) is 33.0 Å². The van der Waals surface area contributed by atoms with Gasteiger partial charge in [0.2, 0.25) is 0 Å². The molecule has 2 unspecified atom stereocenters. The molecule has 3 heterocycles. The third-order valence-corrected chi connectivity index (χ3v) is 10.0. The number of hydrogen-bond donors (Lipinski definition) is 0. The monoisotopic (exact) mass is 630 g/mol. The van der Waals surface area contributed by atoms with Gasteiger partial charge in [0.25, 0.3) is 0 Å². The lowest BCUT2D eigenvalue weighted by molar-refractivity contribution is 0.594. The quantitative estimate of drug-likeness (QED) is 0.194. The van der Waals surface area contributed by atoms with Gasteiger partial charge in [-0.3, -0.25) is 4.99 Å². The second-order valence-electron chi connectivity index (χ2n) is 12.9. The lowest BCUT2D eigenvalue weighted by Crippen LogP contribution is -2.26. The number of para-hydroxylation sites is 1. The number of nitrogens with zero attached hydrogens (tertiary/aromatic N) is 2. The first-order valence-electron chi connectivity index (χ1n) is 16.8. The van der Waals surface area contributed by atoms with Gasteiger partial charge in [-0.05, 0) is 69.4 Å². The second kappa shape index (κ2) is 10.9. The summed E-state index contributed by atoms with van der Waals surface area (Å²) in [5.74, 6) is 0.710. The van der Waals surface area contributed by atoms with Crippen molar-refractivity contribution >= 4 is 66.2 Å². The summed E-state index contributed by atoms with van der Waals surface area (Å²) in [7, 11) is 0. The smallest absolute Gasteiger partial charge is 0.155 e. The minimum atomic E-state index is -0.198. The number of rotatable bonds is 4. The summed E-state index contributed by atoms with van der Waals surface area (Å²) in [5.41, 5.74) is 9.93. The molecular weight excluding hydrogens is 601 g/mol. The van der Waals surface area contributed by atoms with Crippen LogP contribution in [0.3, 0.4) is 0 Å². The van der Waals surface area contributed by atoms with Crippen molar-refractivity contribution in [3.05, 3.63) is 168 Å². The molecule has 49 heavy (non-hydrogen) atoms. The van der Waals surface area contributed by atoms with Crippen molar-refractivity contribution in [3.8, 4) is 11.1 Å². The molecule has 4 nitrogen and oxygen atoms in total. The van der Waals surface area contributed by atoms with E-state index in [0.717, 1.165) is 77.2 Å². The number of amidine groups is 1. The minimum Gasteiger partial charge on any atom is -0.456 e. The molecule has 0 radical (unpaired) electrons. The van der Waals surface area contributed by atoms with Gasteiger partial charge in [-0.25, -0.2) is 4.99 Å². The van der Waals surface area contributed by atoms with Crippen LogP contribution in [0, 0.1) is 5.92 Å². The molecule has 9 aromatic rings. The molecular formula is C45H30N2O2. The molecule has 2 atom stereocenters. The molecule has 0 bridgehead atoms. The van der Waals surface area contributed by atoms with Crippen molar-refractivity contribution < 1.29 is 8.83 Å². The third-order valence-electron chi connectivity index (χ3n) is 10.0. The molecule has 0 fully saturated rings. The van der Waals surface area contributed by atoms with Gasteiger partial charge < -0.3 is 8.83 Å². The normalized spacial score (nSPS) is 16.5. The van der Waals surface area contributed by atoms with Gasteiger partial charge in [0.05, 0.1) is 11.8 Å². The fourth-order valence-corrected chi connectivity index (χ4v) is 7.64. The van der Waals surface area contributed by atoms with E-state index >= 15 is 0 Å². The number of hydrogen-bond acceptors (Lipinski definition) is 4. The van der Waals surface area contributed by atoms with Crippen molar-refractivity contribution in [1.82, 2.24) is 0 Å². The van der Waals surface area contributed by atoms with Crippen LogP contribution in [-0.4, -0.2) is 11.5 Å². The van der Waals surface area contributed by atoms with Crippen LogP contribution < -0.4 is 0 Å². The number of aliphatic imine (C=N–C) groups is 2. The Morgan fingerprint density at radius 1 is 0.449 bits per heavy atom. The van der Waals surface area contributed by atoms with E-state index in [1.165, 1.54) is 10.9 Å². The molecule has 0 saturated carbocycles. The second-order valence-corrected chi connectivity index (χ2v) is 12.9. The number of benzene rings is 7. The van der Waals surface area contributed by atoms with Crippen LogP contribution in [0.4, 0.5) is 0 Å².